The van der Waals surface area contributed by atoms with Gasteiger partial charge in [0.1, 0.15) is 24.9 Å². The van der Waals surface area contributed by atoms with Crippen LogP contribution in [0.5, 0.6) is 0 Å². The lowest BCUT2D eigenvalue weighted by Gasteiger charge is -2.38. The van der Waals surface area contributed by atoms with E-state index in [1.807, 2.05) is 0 Å². The number of hydrogen-bond acceptors (Lipinski definition) is 10. The van der Waals surface area contributed by atoms with E-state index in [4.69, 9.17) is 18.9 Å². The fourth-order valence-corrected chi connectivity index (χ4v) is 5.93. The molecule has 0 radical (unpaired) electrons. The van der Waals surface area contributed by atoms with Gasteiger partial charge in [0, 0.05) is 12.8 Å². The zero-order valence-corrected chi connectivity index (χ0v) is 31.2. The summed E-state index contributed by atoms with van der Waals surface area (Å²) < 4.78 is 21.6. The second-order valence-corrected chi connectivity index (χ2v) is 13.8. The summed E-state index contributed by atoms with van der Waals surface area (Å²) in [6, 6.07) is 0. The number of hydrogen-bond donors (Lipinski definition) is 4. The van der Waals surface area contributed by atoms with E-state index in [0.29, 0.717) is 12.8 Å². The predicted octanol–water partition coefficient (Wildman–Crippen LogP) is 7.31. The first-order chi connectivity index (χ1) is 24.2. The molecule has 0 aliphatic carbocycles. The van der Waals surface area contributed by atoms with Gasteiger partial charge in [-0.15, -0.1) is 0 Å². The maximum Gasteiger partial charge on any atom is 0.335 e. The van der Waals surface area contributed by atoms with E-state index in [1.54, 1.807) is 0 Å². The molecular formula is C39H70O11. The Morgan fingerprint density at radius 1 is 0.600 bits per heavy atom. The Morgan fingerprint density at radius 2 is 1.06 bits per heavy atom. The van der Waals surface area contributed by atoms with E-state index >= 15 is 0 Å². The summed E-state index contributed by atoms with van der Waals surface area (Å²) in [4.78, 5) is 36.6. The molecule has 1 heterocycles. The molecule has 0 aromatic heterocycles. The normalized spacial score (nSPS) is 21.3. The van der Waals surface area contributed by atoms with Gasteiger partial charge in [0.2, 0.25) is 0 Å². The Morgan fingerprint density at radius 3 is 1.58 bits per heavy atom. The minimum absolute atomic E-state index is 0.185. The van der Waals surface area contributed by atoms with Gasteiger partial charge in [0.05, 0.1) is 6.61 Å². The molecule has 11 heteroatoms. The van der Waals surface area contributed by atoms with Crippen molar-refractivity contribution in [1.29, 1.82) is 0 Å². The highest BCUT2D eigenvalue weighted by Crippen LogP contribution is 2.23. The summed E-state index contributed by atoms with van der Waals surface area (Å²) in [6.07, 6.45) is 19.9. The zero-order valence-electron chi connectivity index (χ0n) is 31.2. The highest BCUT2D eigenvalue weighted by molar-refractivity contribution is 5.73. The largest absolute Gasteiger partial charge is 0.479 e. The number of carboxylic acid groups (broad SMARTS) is 1. The molecule has 4 N–H and O–H groups in total. The monoisotopic (exact) mass is 714 g/mol. The quantitative estimate of drug-likeness (QED) is 0.0313. The first-order valence-electron chi connectivity index (χ1n) is 19.7. The molecule has 0 saturated carbocycles. The minimum Gasteiger partial charge on any atom is -0.479 e. The molecule has 0 aromatic carbocycles. The second-order valence-electron chi connectivity index (χ2n) is 13.8. The smallest absolute Gasteiger partial charge is 0.335 e. The SMILES string of the molecule is CCCCCC/C=C\CCCCCCCC(=O)OCC(COC1OC(C(=O)O)C(O)C(O)C1O)OC(=O)CCCCCCCCCCCCC. The van der Waals surface area contributed by atoms with E-state index in [-0.39, 0.29) is 26.1 Å². The lowest BCUT2D eigenvalue weighted by atomic mass is 9.99. The Kier molecular flexibility index (Phi) is 28.1. The molecule has 0 amide bonds. The lowest BCUT2D eigenvalue weighted by Crippen LogP contribution is -2.60. The van der Waals surface area contributed by atoms with Crippen molar-refractivity contribution in [1.82, 2.24) is 0 Å². The number of carbonyl (C=O) groups is 3. The van der Waals surface area contributed by atoms with Crippen LogP contribution < -0.4 is 0 Å². The zero-order chi connectivity index (χ0) is 36.8. The highest BCUT2D eigenvalue weighted by atomic mass is 16.7. The molecule has 1 fully saturated rings. The average molecular weight is 715 g/mol. The van der Waals surface area contributed by atoms with E-state index in [0.717, 1.165) is 57.8 Å². The van der Waals surface area contributed by atoms with Crippen molar-refractivity contribution < 1.29 is 53.8 Å². The molecule has 292 valence electrons. The van der Waals surface area contributed by atoms with Gasteiger partial charge in [-0.3, -0.25) is 9.59 Å². The standard InChI is InChI=1S/C39H70O11/c1-3-5-7-9-11-13-15-16-18-19-21-23-25-27-32(40)47-29-31(30-48-39-36(44)34(42)35(43)37(50-39)38(45)46)49-33(41)28-26-24-22-20-17-14-12-10-8-6-4-2/h13,15,31,34-37,39,42-44H,3-12,14,16-30H2,1-2H3,(H,45,46)/b15-13-. The highest BCUT2D eigenvalue weighted by Gasteiger charge is 2.47. The van der Waals surface area contributed by atoms with Gasteiger partial charge in [0.25, 0.3) is 0 Å². The third-order valence-corrected chi connectivity index (χ3v) is 9.11. The van der Waals surface area contributed by atoms with E-state index in [9.17, 15) is 34.8 Å². The summed E-state index contributed by atoms with van der Waals surface area (Å²) in [5.74, 6) is -2.45. The number of aliphatic carboxylic acids is 1. The van der Waals surface area contributed by atoms with Crippen LogP contribution in [0.15, 0.2) is 12.2 Å². The maximum absolute atomic E-state index is 12.7. The summed E-state index contributed by atoms with van der Waals surface area (Å²) in [5, 5.41) is 39.6. The first kappa shape index (κ1) is 46.0. The molecule has 6 atom stereocenters. The number of carboxylic acids is 1. The van der Waals surface area contributed by atoms with Crippen LogP contribution in [0.1, 0.15) is 168 Å². The molecule has 11 nitrogen and oxygen atoms in total. The lowest BCUT2D eigenvalue weighted by molar-refractivity contribution is -0.298. The van der Waals surface area contributed by atoms with Gasteiger partial charge in [-0.25, -0.2) is 4.79 Å². The molecular weight excluding hydrogens is 644 g/mol. The number of rotatable bonds is 32. The van der Waals surface area contributed by atoms with Crippen molar-refractivity contribution >= 4 is 17.9 Å². The van der Waals surface area contributed by atoms with Crippen molar-refractivity contribution in [3.8, 4) is 0 Å². The third-order valence-electron chi connectivity index (χ3n) is 9.11. The third kappa shape index (κ3) is 22.7. The van der Waals surface area contributed by atoms with E-state index < -0.39 is 54.7 Å². The van der Waals surface area contributed by atoms with Gasteiger partial charge < -0.3 is 39.4 Å². The molecule has 0 bridgehead atoms. The van der Waals surface area contributed by atoms with Crippen LogP contribution in [0.3, 0.4) is 0 Å². The van der Waals surface area contributed by atoms with Gasteiger partial charge in [-0.05, 0) is 38.5 Å². The fourth-order valence-electron chi connectivity index (χ4n) is 5.93. The molecule has 0 spiro atoms. The van der Waals surface area contributed by atoms with Crippen molar-refractivity contribution in [3.05, 3.63) is 12.2 Å². The Bertz CT molecular complexity index is 895. The van der Waals surface area contributed by atoms with Gasteiger partial charge in [-0.2, -0.15) is 0 Å². The minimum atomic E-state index is -1.86. The van der Waals surface area contributed by atoms with Gasteiger partial charge in [0.15, 0.2) is 18.5 Å². The number of carbonyl (C=O) groups excluding carboxylic acids is 2. The fraction of sp³-hybridized carbons (Fsp3) is 0.872. The van der Waals surface area contributed by atoms with Crippen molar-refractivity contribution in [3.63, 3.8) is 0 Å². The molecule has 1 saturated heterocycles. The van der Waals surface area contributed by atoms with Crippen LogP contribution in [-0.2, 0) is 33.3 Å². The number of ether oxygens (including phenoxy) is 4. The maximum atomic E-state index is 12.7. The summed E-state index contributed by atoms with van der Waals surface area (Å²) >= 11 is 0. The van der Waals surface area contributed by atoms with Gasteiger partial charge in [-0.1, -0.05) is 129 Å². The van der Waals surface area contributed by atoms with Crippen molar-refractivity contribution in [2.75, 3.05) is 13.2 Å². The molecule has 50 heavy (non-hydrogen) atoms. The number of esters is 2. The summed E-state index contributed by atoms with van der Waals surface area (Å²) in [7, 11) is 0. The van der Waals surface area contributed by atoms with Crippen LogP contribution in [0.25, 0.3) is 0 Å². The number of aliphatic hydroxyl groups excluding tert-OH is 3. The van der Waals surface area contributed by atoms with Crippen LogP contribution in [-0.4, -0.2) is 88.4 Å². The first-order valence-corrected chi connectivity index (χ1v) is 19.7. The molecule has 1 aliphatic heterocycles. The van der Waals surface area contributed by atoms with Crippen molar-refractivity contribution in [2.24, 2.45) is 0 Å². The molecule has 1 aliphatic rings. The predicted molar refractivity (Wildman–Crippen MR) is 192 cm³/mol. The topological polar surface area (TPSA) is 169 Å². The van der Waals surface area contributed by atoms with Crippen molar-refractivity contribution in [2.45, 2.75) is 205 Å². The second kappa shape index (κ2) is 30.6. The Labute approximate surface area is 301 Å². The summed E-state index contributed by atoms with van der Waals surface area (Å²) in [5.41, 5.74) is 0. The average Bonchev–Trinajstić information content (AvgIpc) is 3.09. The molecule has 0 aromatic rings. The Balaban J connectivity index is 2.44. The number of unbranched alkanes of at least 4 members (excludes halogenated alkanes) is 19. The van der Waals surface area contributed by atoms with Crippen LogP contribution >= 0.6 is 0 Å². The van der Waals surface area contributed by atoms with E-state index in [2.05, 4.69) is 26.0 Å². The Hall–Kier alpha value is -2.05. The number of aliphatic hydroxyl groups is 3. The van der Waals surface area contributed by atoms with E-state index in [1.165, 1.54) is 70.6 Å². The van der Waals surface area contributed by atoms with Gasteiger partial charge >= 0.3 is 17.9 Å². The van der Waals surface area contributed by atoms with Crippen LogP contribution in [0.4, 0.5) is 0 Å². The van der Waals surface area contributed by atoms with Crippen LogP contribution in [0.2, 0.25) is 0 Å². The van der Waals surface area contributed by atoms with Crippen LogP contribution in [0, 0.1) is 0 Å². The summed E-state index contributed by atoms with van der Waals surface area (Å²) in [6.45, 7) is 3.76. The molecule has 6 unspecified atom stereocenters. The molecule has 1 rings (SSSR count). The number of allylic oxidation sites excluding steroid dienone is 2.